The Hall–Kier alpha value is -1.01. The number of nitrogens with zero attached hydrogens (tertiary/aromatic N) is 4. The van der Waals surface area contributed by atoms with E-state index < -0.39 is 0 Å². The Kier molecular flexibility index (Phi) is 2.47. The summed E-state index contributed by atoms with van der Waals surface area (Å²) in [5, 5.41) is 18.5. The number of rotatable bonds is 2. The second-order valence-electron chi connectivity index (χ2n) is 6.56. The molecule has 0 spiro atoms. The molecule has 0 amide bonds. The van der Waals surface area contributed by atoms with Gasteiger partial charge in [-0.2, -0.15) is 9.61 Å². The zero-order valence-corrected chi connectivity index (χ0v) is 12.3. The van der Waals surface area contributed by atoms with E-state index in [-0.39, 0.29) is 0 Å². The van der Waals surface area contributed by atoms with Gasteiger partial charge in [0.2, 0.25) is 4.96 Å². The quantitative estimate of drug-likeness (QED) is 0.923. The molecule has 1 aliphatic heterocycles. The van der Waals surface area contributed by atoms with Gasteiger partial charge in [0, 0.05) is 5.92 Å². The molecule has 3 unspecified atom stereocenters. The molecular weight excluding hydrogens is 270 g/mol. The predicted molar refractivity (Wildman–Crippen MR) is 76.8 cm³/mol. The fourth-order valence-corrected chi connectivity index (χ4v) is 5.15. The maximum absolute atomic E-state index is 4.87. The number of hydrogen-bond donors (Lipinski definition) is 1. The first-order chi connectivity index (χ1) is 9.90. The molecule has 1 saturated heterocycles. The van der Waals surface area contributed by atoms with Crippen LogP contribution in [-0.4, -0.2) is 26.4 Å². The molecule has 3 heterocycles. The summed E-state index contributed by atoms with van der Waals surface area (Å²) in [6.07, 6.45) is 7.97. The molecule has 2 aromatic rings. The van der Waals surface area contributed by atoms with Crippen LogP contribution in [0.2, 0.25) is 0 Å². The van der Waals surface area contributed by atoms with Gasteiger partial charge in [-0.15, -0.1) is 10.2 Å². The van der Waals surface area contributed by atoms with Gasteiger partial charge in [0.05, 0.1) is 6.04 Å². The molecule has 3 fully saturated rings. The van der Waals surface area contributed by atoms with Crippen molar-refractivity contribution in [2.45, 2.75) is 50.5 Å². The Bertz CT molecular complexity index is 643. The van der Waals surface area contributed by atoms with E-state index in [2.05, 4.69) is 15.5 Å². The Morgan fingerprint density at radius 2 is 2.00 bits per heavy atom. The molecule has 3 atom stereocenters. The average Bonchev–Trinajstić information content (AvgIpc) is 3.05. The van der Waals surface area contributed by atoms with E-state index in [9.17, 15) is 0 Å². The number of aromatic nitrogens is 4. The topological polar surface area (TPSA) is 55.1 Å². The minimum atomic E-state index is 0.462. The van der Waals surface area contributed by atoms with Gasteiger partial charge in [-0.1, -0.05) is 24.2 Å². The van der Waals surface area contributed by atoms with E-state index in [1.165, 1.54) is 50.1 Å². The molecule has 2 saturated carbocycles. The van der Waals surface area contributed by atoms with Crippen molar-refractivity contribution in [2.24, 2.45) is 11.8 Å². The van der Waals surface area contributed by atoms with E-state index >= 15 is 0 Å². The maximum atomic E-state index is 4.87. The summed E-state index contributed by atoms with van der Waals surface area (Å²) in [4.78, 5) is 0.977. The second-order valence-corrected chi connectivity index (χ2v) is 7.55. The molecule has 3 aliphatic rings. The lowest BCUT2D eigenvalue weighted by molar-refractivity contribution is 0.391. The van der Waals surface area contributed by atoms with Gasteiger partial charge in [0.25, 0.3) is 0 Å². The zero-order chi connectivity index (χ0) is 13.1. The third-order valence-electron chi connectivity index (χ3n) is 5.51. The normalized spacial score (nSPS) is 33.7. The molecule has 2 aromatic heterocycles. The minimum absolute atomic E-state index is 0.462. The van der Waals surface area contributed by atoms with Gasteiger partial charge in [-0.25, -0.2) is 0 Å². The Labute approximate surface area is 121 Å². The van der Waals surface area contributed by atoms with Crippen LogP contribution in [0.5, 0.6) is 0 Å². The first-order valence-electron chi connectivity index (χ1n) is 7.85. The van der Waals surface area contributed by atoms with E-state index in [1.807, 2.05) is 4.52 Å². The average molecular weight is 289 g/mol. The van der Waals surface area contributed by atoms with E-state index in [0.29, 0.717) is 12.0 Å². The highest BCUT2D eigenvalue weighted by Crippen LogP contribution is 2.45. The fraction of sp³-hybridized carbons (Fsp3) is 0.786. The monoisotopic (exact) mass is 289 g/mol. The summed E-state index contributed by atoms with van der Waals surface area (Å²) < 4.78 is 2.02. The second kappa shape index (κ2) is 4.24. The number of hydrogen-bond acceptors (Lipinski definition) is 5. The molecule has 0 aromatic carbocycles. The summed E-state index contributed by atoms with van der Waals surface area (Å²) in [7, 11) is 0. The highest BCUT2D eigenvalue weighted by molar-refractivity contribution is 7.16. The zero-order valence-electron chi connectivity index (χ0n) is 11.5. The van der Waals surface area contributed by atoms with Crippen LogP contribution in [0.1, 0.15) is 61.3 Å². The molecule has 20 heavy (non-hydrogen) atoms. The van der Waals surface area contributed by atoms with Crippen LogP contribution in [0.3, 0.4) is 0 Å². The third kappa shape index (κ3) is 1.55. The Balaban J connectivity index is 1.51. The van der Waals surface area contributed by atoms with Crippen molar-refractivity contribution in [1.29, 1.82) is 0 Å². The van der Waals surface area contributed by atoms with Crippen LogP contribution in [-0.2, 0) is 0 Å². The largest absolute Gasteiger partial charge is 0.307 e. The van der Waals surface area contributed by atoms with Crippen molar-refractivity contribution in [1.82, 2.24) is 25.1 Å². The first kappa shape index (κ1) is 11.6. The summed E-state index contributed by atoms with van der Waals surface area (Å²) in [6, 6.07) is 0.462. The summed E-state index contributed by atoms with van der Waals surface area (Å²) in [6.45, 7) is 1.17. The van der Waals surface area contributed by atoms with Crippen LogP contribution in [0.25, 0.3) is 4.96 Å². The van der Waals surface area contributed by atoms with E-state index in [4.69, 9.17) is 5.10 Å². The predicted octanol–water partition coefficient (Wildman–Crippen LogP) is 2.51. The molecule has 5 nitrogen and oxygen atoms in total. The molecule has 0 bridgehead atoms. The van der Waals surface area contributed by atoms with Gasteiger partial charge < -0.3 is 5.32 Å². The van der Waals surface area contributed by atoms with E-state index in [1.54, 1.807) is 11.3 Å². The lowest BCUT2D eigenvalue weighted by atomic mass is 9.85. The Morgan fingerprint density at radius 1 is 1.10 bits per heavy atom. The first-order valence-corrected chi connectivity index (χ1v) is 8.67. The lowest BCUT2D eigenvalue weighted by Crippen LogP contribution is -2.18. The van der Waals surface area contributed by atoms with Gasteiger partial charge in [0.15, 0.2) is 5.82 Å². The SMILES string of the molecule is C1CC(c2nnc3sc(C4NCC5CCCC54)nn23)C1. The van der Waals surface area contributed by atoms with Crippen molar-refractivity contribution in [3.8, 4) is 0 Å². The molecule has 6 heteroatoms. The fourth-order valence-electron chi connectivity index (χ4n) is 4.15. The van der Waals surface area contributed by atoms with Crippen LogP contribution < -0.4 is 5.32 Å². The molecule has 1 N–H and O–H groups in total. The van der Waals surface area contributed by atoms with Crippen molar-refractivity contribution in [3.05, 3.63) is 10.8 Å². The summed E-state index contributed by atoms with van der Waals surface area (Å²) in [5.74, 6) is 3.36. The minimum Gasteiger partial charge on any atom is -0.307 e. The highest BCUT2D eigenvalue weighted by Gasteiger charge is 2.41. The number of nitrogens with one attached hydrogen (secondary N) is 1. The molecule has 5 rings (SSSR count). The van der Waals surface area contributed by atoms with Crippen LogP contribution in [0.15, 0.2) is 0 Å². The van der Waals surface area contributed by atoms with Crippen molar-refractivity contribution >= 4 is 16.3 Å². The van der Waals surface area contributed by atoms with Gasteiger partial charge >= 0.3 is 0 Å². The smallest absolute Gasteiger partial charge is 0.234 e. The maximum Gasteiger partial charge on any atom is 0.234 e. The molecule has 106 valence electrons. The molecule has 0 radical (unpaired) electrons. The summed E-state index contributed by atoms with van der Waals surface area (Å²) >= 11 is 1.73. The standard InChI is InChI=1S/C14H19N5S/c1-3-8(4-1)12-16-17-14-19(12)18-13(20-14)11-10-6-2-5-9(10)7-15-11/h8-11,15H,1-7H2. The number of fused-ring (bicyclic) bond motifs is 2. The third-order valence-corrected chi connectivity index (χ3v) is 6.49. The highest BCUT2D eigenvalue weighted by atomic mass is 32.1. The van der Waals surface area contributed by atoms with Crippen molar-refractivity contribution in [2.75, 3.05) is 6.54 Å². The van der Waals surface area contributed by atoms with Crippen molar-refractivity contribution < 1.29 is 0 Å². The van der Waals surface area contributed by atoms with Crippen LogP contribution in [0.4, 0.5) is 0 Å². The summed E-state index contributed by atoms with van der Waals surface area (Å²) in [5.41, 5.74) is 0. The van der Waals surface area contributed by atoms with Gasteiger partial charge in [0.1, 0.15) is 5.01 Å². The van der Waals surface area contributed by atoms with E-state index in [0.717, 1.165) is 22.6 Å². The molecule has 2 aliphatic carbocycles. The van der Waals surface area contributed by atoms with Crippen LogP contribution in [0, 0.1) is 11.8 Å². The van der Waals surface area contributed by atoms with Crippen molar-refractivity contribution in [3.63, 3.8) is 0 Å². The Morgan fingerprint density at radius 3 is 2.85 bits per heavy atom. The lowest BCUT2D eigenvalue weighted by Gasteiger charge is -2.22. The van der Waals surface area contributed by atoms with Gasteiger partial charge in [-0.3, -0.25) is 0 Å². The van der Waals surface area contributed by atoms with Gasteiger partial charge in [-0.05, 0) is 44.1 Å². The van der Waals surface area contributed by atoms with Crippen LogP contribution >= 0.6 is 11.3 Å². The molecular formula is C14H19N5S.